The first kappa shape index (κ1) is 16.5. The molecule has 2 aromatic heterocycles. The first-order valence-corrected chi connectivity index (χ1v) is 10.9. The largest absolute Gasteiger partial charge is 0.245 e. The lowest BCUT2D eigenvalue weighted by Crippen LogP contribution is -2.40. The summed E-state index contributed by atoms with van der Waals surface area (Å²) in [5.74, 6) is 0. The summed E-state index contributed by atoms with van der Waals surface area (Å²) >= 11 is 3.23. The normalized spacial score (nSPS) is 17.8. The van der Waals surface area contributed by atoms with E-state index in [-0.39, 0.29) is 16.5 Å². The zero-order valence-electron chi connectivity index (χ0n) is 13.1. The fraction of sp³-hybridized carbons (Fsp3) is 0.167. The van der Waals surface area contributed by atoms with Gasteiger partial charge in [0.05, 0.1) is 16.5 Å². The highest BCUT2D eigenvalue weighted by Crippen LogP contribution is 2.42. The first-order valence-electron chi connectivity index (χ1n) is 7.73. The smallest absolute Gasteiger partial charge is 0.207 e. The summed E-state index contributed by atoms with van der Waals surface area (Å²) in [6.07, 6.45) is 0.697. The molecule has 25 heavy (non-hydrogen) atoms. The van der Waals surface area contributed by atoms with E-state index in [0.717, 1.165) is 10.4 Å². The van der Waals surface area contributed by atoms with Crippen LogP contribution in [0.2, 0.25) is 0 Å². The monoisotopic (exact) mass is 386 g/mol. The minimum atomic E-state index is -3.78. The molecule has 0 spiro atoms. The molecule has 0 saturated carbocycles. The average molecular weight is 387 g/mol. The SMILES string of the molecule is N#Cc1ccccc1S(=O)(=O)N1CCc2sccc2[C@H]1c1cccs1. The van der Waals surface area contributed by atoms with E-state index in [1.807, 2.05) is 35.0 Å². The molecule has 0 saturated heterocycles. The van der Waals surface area contributed by atoms with E-state index in [1.54, 1.807) is 45.2 Å². The van der Waals surface area contributed by atoms with Crippen LogP contribution < -0.4 is 0 Å². The number of nitrogens with zero attached hydrogens (tertiary/aromatic N) is 2. The Labute approximate surface area is 154 Å². The Morgan fingerprint density at radius 2 is 1.92 bits per heavy atom. The van der Waals surface area contributed by atoms with E-state index in [9.17, 15) is 13.7 Å². The van der Waals surface area contributed by atoms with Crippen molar-refractivity contribution in [2.24, 2.45) is 0 Å². The molecule has 1 aliphatic heterocycles. The van der Waals surface area contributed by atoms with Crippen LogP contribution in [0.25, 0.3) is 0 Å². The molecule has 4 rings (SSSR count). The molecule has 0 amide bonds. The molecule has 3 aromatic rings. The predicted molar refractivity (Wildman–Crippen MR) is 99.2 cm³/mol. The highest BCUT2D eigenvalue weighted by atomic mass is 32.2. The van der Waals surface area contributed by atoms with Crippen LogP contribution in [0.5, 0.6) is 0 Å². The van der Waals surface area contributed by atoms with Gasteiger partial charge in [0, 0.05) is 16.3 Å². The molecule has 0 radical (unpaired) electrons. The Bertz CT molecular complexity index is 1050. The number of thiophene rings is 2. The van der Waals surface area contributed by atoms with Gasteiger partial charge < -0.3 is 0 Å². The van der Waals surface area contributed by atoms with Gasteiger partial charge in [0.2, 0.25) is 10.0 Å². The van der Waals surface area contributed by atoms with Crippen LogP contribution in [0.15, 0.2) is 58.1 Å². The molecular weight excluding hydrogens is 372 g/mol. The van der Waals surface area contributed by atoms with Crippen LogP contribution in [0.3, 0.4) is 0 Å². The highest BCUT2D eigenvalue weighted by molar-refractivity contribution is 7.89. The van der Waals surface area contributed by atoms with Crippen LogP contribution in [0.4, 0.5) is 0 Å². The lowest BCUT2D eigenvalue weighted by Gasteiger charge is -2.34. The third-order valence-corrected chi connectivity index (χ3v) is 8.17. The zero-order valence-corrected chi connectivity index (χ0v) is 15.6. The molecular formula is C18H14N2O2S3. The molecule has 7 heteroatoms. The lowest BCUT2D eigenvalue weighted by molar-refractivity contribution is 0.350. The van der Waals surface area contributed by atoms with Crippen molar-refractivity contribution < 1.29 is 8.42 Å². The number of benzene rings is 1. The maximum Gasteiger partial charge on any atom is 0.245 e. The van der Waals surface area contributed by atoms with Crippen LogP contribution in [-0.4, -0.2) is 19.3 Å². The summed E-state index contributed by atoms with van der Waals surface area (Å²) in [6.45, 7) is 0.415. The fourth-order valence-electron chi connectivity index (χ4n) is 3.20. The van der Waals surface area contributed by atoms with Gasteiger partial charge in [-0.25, -0.2) is 8.42 Å². The van der Waals surface area contributed by atoms with Crippen molar-refractivity contribution in [1.82, 2.24) is 4.31 Å². The number of sulfonamides is 1. The Hall–Kier alpha value is -1.98. The maximum absolute atomic E-state index is 13.4. The Morgan fingerprint density at radius 3 is 2.68 bits per heavy atom. The van der Waals surface area contributed by atoms with Gasteiger partial charge >= 0.3 is 0 Å². The van der Waals surface area contributed by atoms with Crippen LogP contribution in [0.1, 0.15) is 26.9 Å². The van der Waals surface area contributed by atoms with Crippen molar-refractivity contribution >= 4 is 32.7 Å². The zero-order chi connectivity index (χ0) is 17.4. The summed E-state index contributed by atoms with van der Waals surface area (Å²) in [7, 11) is -3.78. The Balaban J connectivity index is 1.88. The minimum Gasteiger partial charge on any atom is -0.207 e. The van der Waals surface area contributed by atoms with Gasteiger partial charge in [-0.05, 0) is 47.0 Å². The third-order valence-electron chi connectivity index (χ3n) is 4.33. The van der Waals surface area contributed by atoms with Gasteiger partial charge in [-0.3, -0.25) is 0 Å². The van der Waals surface area contributed by atoms with Gasteiger partial charge in [0.15, 0.2) is 0 Å². The summed E-state index contributed by atoms with van der Waals surface area (Å²) in [5.41, 5.74) is 1.24. The molecule has 1 atom stereocenters. The molecule has 0 unspecified atom stereocenters. The molecule has 1 aliphatic rings. The summed E-state index contributed by atoms with van der Waals surface area (Å²) in [6, 6.07) is 14.0. The van der Waals surface area contributed by atoms with Gasteiger partial charge in [0.1, 0.15) is 6.07 Å². The lowest BCUT2D eigenvalue weighted by atomic mass is 10.0. The fourth-order valence-corrected chi connectivity index (χ4v) is 6.76. The van der Waals surface area contributed by atoms with Crippen molar-refractivity contribution in [3.8, 4) is 6.07 Å². The number of hydrogen-bond acceptors (Lipinski definition) is 5. The number of hydrogen-bond donors (Lipinski definition) is 0. The van der Waals surface area contributed by atoms with Crippen molar-refractivity contribution in [2.75, 3.05) is 6.54 Å². The minimum absolute atomic E-state index is 0.0812. The van der Waals surface area contributed by atoms with Gasteiger partial charge in [0.25, 0.3) is 0 Å². The predicted octanol–water partition coefficient (Wildman–Crippen LogP) is 4.02. The quantitative estimate of drug-likeness (QED) is 0.683. The average Bonchev–Trinajstić information content (AvgIpc) is 3.32. The van der Waals surface area contributed by atoms with Crippen molar-refractivity contribution in [3.63, 3.8) is 0 Å². The van der Waals surface area contributed by atoms with Crippen molar-refractivity contribution in [2.45, 2.75) is 17.4 Å². The maximum atomic E-state index is 13.4. The van der Waals surface area contributed by atoms with E-state index in [2.05, 4.69) is 0 Å². The van der Waals surface area contributed by atoms with E-state index >= 15 is 0 Å². The highest BCUT2D eigenvalue weighted by Gasteiger charge is 2.39. The van der Waals surface area contributed by atoms with Crippen molar-refractivity contribution in [3.05, 3.63) is 74.1 Å². The topological polar surface area (TPSA) is 61.2 Å². The van der Waals surface area contributed by atoms with E-state index in [1.165, 1.54) is 10.9 Å². The molecule has 0 fully saturated rings. The first-order chi connectivity index (χ1) is 12.1. The van der Waals surface area contributed by atoms with E-state index < -0.39 is 10.0 Å². The van der Waals surface area contributed by atoms with Crippen LogP contribution in [-0.2, 0) is 16.4 Å². The second kappa shape index (κ2) is 6.39. The molecule has 1 aromatic carbocycles. The number of fused-ring (bicyclic) bond motifs is 1. The Morgan fingerprint density at radius 1 is 1.08 bits per heavy atom. The van der Waals surface area contributed by atoms with Crippen LogP contribution in [0, 0.1) is 11.3 Å². The molecule has 0 N–H and O–H groups in total. The molecule has 3 heterocycles. The molecule has 0 aliphatic carbocycles. The second-order valence-corrected chi connectivity index (χ2v) is 9.53. The Kier molecular flexibility index (Phi) is 4.21. The van der Waals surface area contributed by atoms with Gasteiger partial charge in [-0.1, -0.05) is 18.2 Å². The van der Waals surface area contributed by atoms with E-state index in [4.69, 9.17) is 0 Å². The molecule has 0 bridgehead atoms. The van der Waals surface area contributed by atoms with Crippen molar-refractivity contribution in [1.29, 1.82) is 5.26 Å². The van der Waals surface area contributed by atoms with Crippen LogP contribution >= 0.6 is 22.7 Å². The van der Waals surface area contributed by atoms with E-state index in [0.29, 0.717) is 13.0 Å². The second-order valence-electron chi connectivity index (χ2n) is 5.69. The summed E-state index contributed by atoms with van der Waals surface area (Å²) in [5, 5.41) is 13.3. The molecule has 126 valence electrons. The van der Waals surface area contributed by atoms with Gasteiger partial charge in [-0.2, -0.15) is 9.57 Å². The summed E-state index contributed by atoms with van der Waals surface area (Å²) in [4.78, 5) is 2.31. The van der Waals surface area contributed by atoms with Gasteiger partial charge in [-0.15, -0.1) is 22.7 Å². The number of rotatable bonds is 3. The standard InChI is InChI=1S/C18H14N2O2S3/c19-12-13-4-1-2-6-17(13)25(21,22)20-9-7-15-14(8-11-24-15)18(20)16-5-3-10-23-16/h1-6,8,10-11,18H,7,9H2/t18-/m0/s1. The summed E-state index contributed by atoms with van der Waals surface area (Å²) < 4.78 is 28.3. The number of nitriles is 1. The third kappa shape index (κ3) is 2.71. The molecule has 4 nitrogen and oxygen atoms in total.